The smallest absolute Gasteiger partial charge is 0.480 e. The largest absolute Gasteiger partial charge is 0.490 e. The molecule has 28 heavy (non-hydrogen) atoms. The lowest BCUT2D eigenvalue weighted by Gasteiger charge is -2.62. The summed E-state index contributed by atoms with van der Waals surface area (Å²) in [5.74, 6) is -7.15. The van der Waals surface area contributed by atoms with Crippen LogP contribution in [-0.2, 0) is 19.1 Å². The number of hydrogen-bond donors (Lipinski definition) is 2. The minimum Gasteiger partial charge on any atom is -0.480 e. The second-order valence-corrected chi connectivity index (χ2v) is 8.14. The van der Waals surface area contributed by atoms with Crippen molar-refractivity contribution in [3.63, 3.8) is 0 Å². The minimum absolute atomic E-state index is 0.0899. The van der Waals surface area contributed by atoms with Crippen LogP contribution in [0.1, 0.15) is 38.5 Å². The van der Waals surface area contributed by atoms with Gasteiger partial charge in [-0.15, -0.1) is 0 Å². The van der Waals surface area contributed by atoms with E-state index in [1.165, 1.54) is 5.32 Å². The van der Waals surface area contributed by atoms with E-state index in [1.807, 2.05) is 0 Å². The first kappa shape index (κ1) is 20.7. The van der Waals surface area contributed by atoms with Crippen molar-refractivity contribution in [2.24, 2.45) is 17.3 Å². The topological polar surface area (TPSA) is 92.7 Å². The molecule has 4 aliphatic rings. The molecule has 0 aromatic rings. The summed E-state index contributed by atoms with van der Waals surface area (Å²) in [5.41, 5.74) is -3.00. The Balaban J connectivity index is 1.91. The molecule has 0 radical (unpaired) electrons. The molecule has 0 aliphatic heterocycles. The third kappa shape index (κ3) is 3.64. The Kier molecular flexibility index (Phi) is 4.62. The molecule has 0 spiro atoms. The number of alkyl halides is 6. The van der Waals surface area contributed by atoms with E-state index >= 15 is 0 Å². The number of halogens is 6. The maximum atomic E-state index is 12.7. The molecule has 0 heterocycles. The molecule has 4 rings (SSSR count). The number of carbonyl (C=O) groups is 3. The van der Waals surface area contributed by atoms with Crippen molar-refractivity contribution in [1.29, 1.82) is 0 Å². The summed E-state index contributed by atoms with van der Waals surface area (Å²) in [6.07, 6.45) is -9.90. The Hall–Kier alpha value is -2.01. The van der Waals surface area contributed by atoms with Gasteiger partial charge in [0.05, 0.1) is 0 Å². The van der Waals surface area contributed by atoms with Crippen molar-refractivity contribution >= 4 is 17.8 Å². The number of nitrogens with one attached hydrogen (secondary N) is 1. The minimum atomic E-state index is -5.31. The fraction of sp³-hybridized carbons (Fsp3) is 0.812. The lowest BCUT2D eigenvalue weighted by Crippen LogP contribution is -2.66. The first-order chi connectivity index (χ1) is 12.7. The lowest BCUT2D eigenvalue weighted by molar-refractivity contribution is -0.241. The first-order valence-corrected chi connectivity index (χ1v) is 8.56. The van der Waals surface area contributed by atoms with Gasteiger partial charge in [0.1, 0.15) is 11.6 Å². The van der Waals surface area contributed by atoms with E-state index in [0.717, 1.165) is 0 Å². The predicted molar refractivity (Wildman–Crippen MR) is 77.6 cm³/mol. The molecule has 2 N–H and O–H groups in total. The summed E-state index contributed by atoms with van der Waals surface area (Å²) in [6.45, 7) is 0. The summed E-state index contributed by atoms with van der Waals surface area (Å²) in [6, 6.07) is -1.95. The molecule has 4 fully saturated rings. The number of amides is 1. The number of esters is 1. The molecule has 6 nitrogen and oxygen atoms in total. The zero-order chi connectivity index (χ0) is 21.1. The van der Waals surface area contributed by atoms with Crippen LogP contribution in [0.15, 0.2) is 0 Å². The second kappa shape index (κ2) is 6.24. The Bertz CT molecular complexity index is 689. The average Bonchev–Trinajstić information content (AvgIpc) is 2.48. The number of carbonyl (C=O) groups excluding carboxylic acids is 2. The molecule has 0 saturated heterocycles. The molecular formula is C16H17F6NO5. The lowest BCUT2D eigenvalue weighted by atomic mass is 9.46. The van der Waals surface area contributed by atoms with Gasteiger partial charge in [0, 0.05) is 5.41 Å². The summed E-state index contributed by atoms with van der Waals surface area (Å²) >= 11 is 0. The van der Waals surface area contributed by atoms with Crippen LogP contribution in [0.4, 0.5) is 26.3 Å². The summed E-state index contributed by atoms with van der Waals surface area (Å²) in [7, 11) is 0. The maximum Gasteiger partial charge on any atom is 0.490 e. The average molecular weight is 417 g/mol. The Morgan fingerprint density at radius 1 is 0.964 bits per heavy atom. The van der Waals surface area contributed by atoms with E-state index < -0.39 is 47.3 Å². The van der Waals surface area contributed by atoms with E-state index in [-0.39, 0.29) is 43.9 Å². The fourth-order valence-electron chi connectivity index (χ4n) is 5.65. The molecule has 1 amide bonds. The molecule has 3 atom stereocenters. The van der Waals surface area contributed by atoms with Gasteiger partial charge in [-0.3, -0.25) is 4.79 Å². The zero-order valence-electron chi connectivity index (χ0n) is 14.3. The van der Waals surface area contributed by atoms with Crippen molar-refractivity contribution in [2.45, 2.75) is 62.5 Å². The number of ether oxygens (including phenoxy) is 1. The van der Waals surface area contributed by atoms with Crippen LogP contribution in [0.2, 0.25) is 0 Å². The highest BCUT2D eigenvalue weighted by molar-refractivity contribution is 5.87. The van der Waals surface area contributed by atoms with E-state index in [9.17, 15) is 45.8 Å². The van der Waals surface area contributed by atoms with Crippen molar-refractivity contribution in [1.82, 2.24) is 5.32 Å². The van der Waals surface area contributed by atoms with Crippen LogP contribution in [0, 0.1) is 17.3 Å². The second-order valence-electron chi connectivity index (χ2n) is 8.14. The number of hydrogen-bond acceptors (Lipinski definition) is 4. The molecule has 158 valence electrons. The molecule has 4 bridgehead atoms. The number of carboxylic acids is 1. The molecule has 4 saturated carbocycles. The van der Waals surface area contributed by atoms with E-state index in [2.05, 4.69) is 0 Å². The van der Waals surface area contributed by atoms with Gasteiger partial charge in [0.25, 0.3) is 0 Å². The standard InChI is InChI=1S/C16H17F6NO5/c17-15(18,19)11(26)23-9(10(24)25)13-2-7-1-8(3-13)5-14(4-7,6-13)28-12(27)16(20,21)22/h7-9H,1-6H2,(H,23,26)(H,24,25). The van der Waals surface area contributed by atoms with Crippen molar-refractivity contribution < 1.29 is 50.6 Å². The predicted octanol–water partition coefficient (Wildman–Crippen LogP) is 2.56. The van der Waals surface area contributed by atoms with Crippen LogP contribution in [-0.4, -0.2) is 46.9 Å². The van der Waals surface area contributed by atoms with Gasteiger partial charge >= 0.3 is 30.2 Å². The summed E-state index contributed by atoms with van der Waals surface area (Å²) in [4.78, 5) is 34.4. The Labute approximate surface area is 154 Å². The molecular weight excluding hydrogens is 400 g/mol. The molecule has 3 unspecified atom stereocenters. The van der Waals surface area contributed by atoms with Crippen LogP contribution in [0.5, 0.6) is 0 Å². The first-order valence-electron chi connectivity index (χ1n) is 8.56. The Morgan fingerprint density at radius 3 is 1.93 bits per heavy atom. The monoisotopic (exact) mass is 417 g/mol. The highest BCUT2D eigenvalue weighted by atomic mass is 19.4. The van der Waals surface area contributed by atoms with Gasteiger partial charge < -0.3 is 15.2 Å². The Morgan fingerprint density at radius 2 is 1.50 bits per heavy atom. The number of carboxylic acid groups (broad SMARTS) is 1. The van der Waals surface area contributed by atoms with Gasteiger partial charge in [-0.05, 0) is 50.4 Å². The zero-order valence-corrected chi connectivity index (χ0v) is 14.3. The molecule has 0 aromatic carbocycles. The van der Waals surface area contributed by atoms with E-state index in [4.69, 9.17) is 4.74 Å². The summed E-state index contributed by atoms with van der Waals surface area (Å²) in [5, 5.41) is 11.0. The van der Waals surface area contributed by atoms with Gasteiger partial charge in [-0.2, -0.15) is 26.3 Å². The number of rotatable bonds is 4. The van der Waals surface area contributed by atoms with Gasteiger partial charge in [0.2, 0.25) is 0 Å². The van der Waals surface area contributed by atoms with E-state index in [0.29, 0.717) is 6.42 Å². The highest BCUT2D eigenvalue weighted by Gasteiger charge is 2.65. The van der Waals surface area contributed by atoms with Crippen LogP contribution in [0.3, 0.4) is 0 Å². The SMILES string of the molecule is O=C(O)C(NC(=O)C(F)(F)F)C12CC3CC(CC(OC(=O)C(F)(F)F)(C3)C1)C2. The van der Waals surface area contributed by atoms with Crippen LogP contribution < -0.4 is 5.32 Å². The molecule has 12 heteroatoms. The van der Waals surface area contributed by atoms with E-state index in [1.54, 1.807) is 0 Å². The fourth-order valence-corrected chi connectivity index (χ4v) is 5.65. The molecule has 0 aromatic heterocycles. The van der Waals surface area contributed by atoms with Gasteiger partial charge in [-0.1, -0.05) is 0 Å². The van der Waals surface area contributed by atoms with Gasteiger partial charge in [-0.25, -0.2) is 9.59 Å². The maximum absolute atomic E-state index is 12.7. The molecule has 4 aliphatic carbocycles. The number of aliphatic carboxylic acids is 1. The third-order valence-corrected chi connectivity index (χ3v) is 5.99. The van der Waals surface area contributed by atoms with Crippen LogP contribution in [0.25, 0.3) is 0 Å². The highest BCUT2D eigenvalue weighted by Crippen LogP contribution is 2.64. The quantitative estimate of drug-likeness (QED) is 0.542. The van der Waals surface area contributed by atoms with Crippen molar-refractivity contribution in [3.8, 4) is 0 Å². The normalized spacial score (nSPS) is 35.4. The van der Waals surface area contributed by atoms with Crippen molar-refractivity contribution in [2.75, 3.05) is 0 Å². The summed E-state index contributed by atoms with van der Waals surface area (Å²) < 4.78 is 80.6. The van der Waals surface area contributed by atoms with Crippen LogP contribution >= 0.6 is 0 Å². The third-order valence-electron chi connectivity index (χ3n) is 5.99. The van der Waals surface area contributed by atoms with Crippen molar-refractivity contribution in [3.05, 3.63) is 0 Å². The van der Waals surface area contributed by atoms with Gasteiger partial charge in [0.15, 0.2) is 0 Å².